The first kappa shape index (κ1) is 15.4. The summed E-state index contributed by atoms with van der Waals surface area (Å²) in [6.07, 6.45) is 0.669. The zero-order valence-corrected chi connectivity index (χ0v) is 12.1. The third-order valence-electron chi connectivity index (χ3n) is 2.56. The maximum atomic E-state index is 8.97. The quantitative estimate of drug-likeness (QED) is 0.725. The summed E-state index contributed by atoms with van der Waals surface area (Å²) in [4.78, 5) is 14.8. The van der Waals surface area contributed by atoms with E-state index in [1.165, 1.54) is 7.11 Å². The van der Waals surface area contributed by atoms with E-state index in [0.717, 1.165) is 6.54 Å². The van der Waals surface area contributed by atoms with Crippen molar-refractivity contribution in [3.05, 3.63) is 0 Å². The highest BCUT2D eigenvalue weighted by atomic mass is 16.5. The lowest BCUT2D eigenvalue weighted by atomic mass is 10.3. The molecule has 0 saturated heterocycles. The summed E-state index contributed by atoms with van der Waals surface area (Å²) in [5, 5.41) is 12.0. The number of aromatic nitrogens is 3. The molecular weight excluding hydrogens is 246 g/mol. The monoisotopic (exact) mass is 269 g/mol. The zero-order chi connectivity index (χ0) is 14.3. The van der Waals surface area contributed by atoms with Gasteiger partial charge in [0.1, 0.15) is 0 Å². The van der Waals surface area contributed by atoms with E-state index >= 15 is 0 Å². The van der Waals surface area contributed by atoms with E-state index in [0.29, 0.717) is 24.9 Å². The minimum Gasteiger partial charge on any atom is -0.467 e. The Labute approximate surface area is 114 Å². The fraction of sp³-hybridized carbons (Fsp3) is 0.750. The van der Waals surface area contributed by atoms with E-state index in [9.17, 15) is 0 Å². The summed E-state index contributed by atoms with van der Waals surface area (Å²) in [7, 11) is 1.53. The Kier molecular flexibility index (Phi) is 6.27. The molecule has 2 N–H and O–H groups in total. The molecule has 0 bridgehead atoms. The molecule has 1 heterocycles. The number of nitrogens with one attached hydrogen (secondary N) is 1. The van der Waals surface area contributed by atoms with Crippen molar-refractivity contribution in [3.63, 3.8) is 0 Å². The minimum absolute atomic E-state index is 0.144. The van der Waals surface area contributed by atoms with Gasteiger partial charge >= 0.3 is 6.01 Å². The molecule has 0 atom stereocenters. The molecule has 0 aromatic carbocycles. The van der Waals surface area contributed by atoms with Gasteiger partial charge in [0.15, 0.2) is 0 Å². The van der Waals surface area contributed by atoms with Gasteiger partial charge in [-0.25, -0.2) is 0 Å². The van der Waals surface area contributed by atoms with Crippen LogP contribution in [-0.2, 0) is 0 Å². The van der Waals surface area contributed by atoms with E-state index in [4.69, 9.17) is 9.84 Å². The van der Waals surface area contributed by atoms with Crippen molar-refractivity contribution in [1.82, 2.24) is 15.0 Å². The van der Waals surface area contributed by atoms with Crippen LogP contribution in [0, 0.1) is 0 Å². The molecule has 0 unspecified atom stereocenters. The molecule has 7 nitrogen and oxygen atoms in total. The van der Waals surface area contributed by atoms with Crippen molar-refractivity contribution in [2.45, 2.75) is 33.2 Å². The smallest absolute Gasteiger partial charge is 0.322 e. The summed E-state index contributed by atoms with van der Waals surface area (Å²) >= 11 is 0. The topological polar surface area (TPSA) is 83.4 Å². The summed E-state index contributed by atoms with van der Waals surface area (Å²) in [6.45, 7) is 7.65. The van der Waals surface area contributed by atoms with Crippen LogP contribution in [0.25, 0.3) is 0 Å². The molecule has 0 saturated carbocycles. The third-order valence-corrected chi connectivity index (χ3v) is 2.56. The second kappa shape index (κ2) is 7.73. The predicted octanol–water partition coefficient (Wildman–Crippen LogP) is 0.909. The fourth-order valence-electron chi connectivity index (χ4n) is 1.63. The molecule has 7 heteroatoms. The minimum atomic E-state index is 0.144. The third kappa shape index (κ3) is 4.51. The number of hydrogen-bond donors (Lipinski definition) is 2. The van der Waals surface area contributed by atoms with Gasteiger partial charge in [0.05, 0.1) is 7.11 Å². The SMILES string of the molecule is CCNc1nc(OC)nc(N(CCCO)C(C)C)n1. The van der Waals surface area contributed by atoms with Crippen LogP contribution in [0.3, 0.4) is 0 Å². The number of aliphatic hydroxyl groups is 1. The zero-order valence-electron chi connectivity index (χ0n) is 12.1. The Morgan fingerprint density at radius 1 is 1.32 bits per heavy atom. The number of nitrogens with zero attached hydrogens (tertiary/aromatic N) is 4. The van der Waals surface area contributed by atoms with Gasteiger partial charge in [-0.15, -0.1) is 0 Å². The molecule has 0 aliphatic heterocycles. The van der Waals surface area contributed by atoms with Crippen LogP contribution in [-0.4, -0.2) is 52.9 Å². The van der Waals surface area contributed by atoms with Crippen molar-refractivity contribution in [1.29, 1.82) is 0 Å². The first-order valence-electron chi connectivity index (χ1n) is 6.53. The van der Waals surface area contributed by atoms with Crippen LogP contribution in [0.4, 0.5) is 11.9 Å². The number of anilines is 2. The first-order chi connectivity index (χ1) is 9.12. The Balaban J connectivity index is 3.02. The molecule has 0 aliphatic rings. The van der Waals surface area contributed by atoms with Gasteiger partial charge in [-0.05, 0) is 27.2 Å². The number of ether oxygens (including phenoxy) is 1. The Bertz CT molecular complexity index is 386. The molecule has 1 rings (SSSR count). The van der Waals surface area contributed by atoms with E-state index in [-0.39, 0.29) is 18.7 Å². The Hall–Kier alpha value is -1.63. The lowest BCUT2D eigenvalue weighted by molar-refractivity contribution is 0.288. The van der Waals surface area contributed by atoms with Gasteiger partial charge in [-0.3, -0.25) is 0 Å². The summed E-state index contributed by atoms with van der Waals surface area (Å²) in [6, 6.07) is 0.517. The van der Waals surface area contributed by atoms with E-state index in [1.807, 2.05) is 11.8 Å². The average molecular weight is 269 g/mol. The standard InChI is InChI=1S/C12H23N5O2/c1-5-13-10-14-11(16-12(15-10)19-4)17(9(2)3)7-6-8-18/h9,18H,5-8H2,1-4H3,(H,13,14,15,16). The predicted molar refractivity (Wildman–Crippen MR) is 74.7 cm³/mol. The van der Waals surface area contributed by atoms with Gasteiger partial charge in [-0.2, -0.15) is 15.0 Å². The van der Waals surface area contributed by atoms with Crippen LogP contribution in [0.1, 0.15) is 27.2 Å². The van der Waals surface area contributed by atoms with E-state index in [1.54, 1.807) is 0 Å². The highest BCUT2D eigenvalue weighted by Crippen LogP contribution is 2.17. The van der Waals surface area contributed by atoms with E-state index < -0.39 is 0 Å². The van der Waals surface area contributed by atoms with Gasteiger partial charge in [0.2, 0.25) is 11.9 Å². The largest absolute Gasteiger partial charge is 0.467 e. The van der Waals surface area contributed by atoms with Gasteiger partial charge in [-0.1, -0.05) is 0 Å². The average Bonchev–Trinajstić information content (AvgIpc) is 2.39. The lowest BCUT2D eigenvalue weighted by Crippen LogP contribution is -2.34. The van der Waals surface area contributed by atoms with Crippen molar-refractivity contribution in [2.24, 2.45) is 0 Å². The summed E-state index contributed by atoms with van der Waals surface area (Å²) in [5.74, 6) is 1.06. The lowest BCUT2D eigenvalue weighted by Gasteiger charge is -2.26. The number of aliphatic hydroxyl groups excluding tert-OH is 1. The summed E-state index contributed by atoms with van der Waals surface area (Å²) < 4.78 is 5.10. The van der Waals surface area contributed by atoms with Gasteiger partial charge < -0.3 is 20.1 Å². The maximum absolute atomic E-state index is 8.97. The highest BCUT2D eigenvalue weighted by molar-refractivity contribution is 5.39. The van der Waals surface area contributed by atoms with Crippen LogP contribution in [0.15, 0.2) is 0 Å². The van der Waals surface area contributed by atoms with Gasteiger partial charge in [0, 0.05) is 25.7 Å². The highest BCUT2D eigenvalue weighted by Gasteiger charge is 2.16. The molecule has 0 radical (unpaired) electrons. The van der Waals surface area contributed by atoms with Crippen molar-refractivity contribution >= 4 is 11.9 Å². The van der Waals surface area contributed by atoms with E-state index in [2.05, 4.69) is 34.1 Å². The van der Waals surface area contributed by atoms with Crippen LogP contribution >= 0.6 is 0 Å². The van der Waals surface area contributed by atoms with Crippen molar-refractivity contribution in [3.8, 4) is 6.01 Å². The van der Waals surface area contributed by atoms with Crippen LogP contribution < -0.4 is 15.0 Å². The second-order valence-electron chi connectivity index (χ2n) is 4.34. The normalized spacial score (nSPS) is 10.6. The van der Waals surface area contributed by atoms with Gasteiger partial charge in [0.25, 0.3) is 0 Å². The van der Waals surface area contributed by atoms with Crippen LogP contribution in [0.2, 0.25) is 0 Å². The molecule has 0 aliphatic carbocycles. The van der Waals surface area contributed by atoms with Crippen molar-refractivity contribution in [2.75, 3.05) is 37.0 Å². The van der Waals surface area contributed by atoms with Crippen molar-refractivity contribution < 1.29 is 9.84 Å². The second-order valence-corrected chi connectivity index (χ2v) is 4.34. The molecule has 19 heavy (non-hydrogen) atoms. The fourth-order valence-corrected chi connectivity index (χ4v) is 1.63. The molecule has 0 amide bonds. The Morgan fingerprint density at radius 3 is 2.58 bits per heavy atom. The molecular formula is C12H23N5O2. The van der Waals surface area contributed by atoms with Crippen LogP contribution in [0.5, 0.6) is 6.01 Å². The summed E-state index contributed by atoms with van der Waals surface area (Å²) in [5.41, 5.74) is 0. The molecule has 108 valence electrons. The number of methoxy groups -OCH3 is 1. The number of rotatable bonds is 8. The molecule has 0 spiro atoms. The molecule has 1 aromatic rings. The first-order valence-corrected chi connectivity index (χ1v) is 6.53. The molecule has 1 aromatic heterocycles. The maximum Gasteiger partial charge on any atom is 0.322 e. The molecule has 0 fully saturated rings. The number of hydrogen-bond acceptors (Lipinski definition) is 7. The Morgan fingerprint density at radius 2 is 2.05 bits per heavy atom.